The number of aryl methyl sites for hydroxylation is 1. The summed E-state index contributed by atoms with van der Waals surface area (Å²) in [5, 5.41) is 14.4. The summed E-state index contributed by atoms with van der Waals surface area (Å²) in [6.45, 7) is 3.96. The molecule has 0 spiro atoms. The van der Waals surface area contributed by atoms with E-state index in [9.17, 15) is 0 Å². The average Bonchev–Trinajstić information content (AvgIpc) is 3.24. The molecule has 0 N–H and O–H groups in total. The van der Waals surface area contributed by atoms with Crippen molar-refractivity contribution in [1.29, 1.82) is 5.26 Å². The third-order valence-electron chi connectivity index (χ3n) is 4.50. The molecule has 0 radical (unpaired) electrons. The molecule has 1 fully saturated rings. The lowest BCUT2D eigenvalue weighted by atomic mass is 10.1. The van der Waals surface area contributed by atoms with Crippen molar-refractivity contribution in [3.8, 4) is 6.07 Å². The van der Waals surface area contributed by atoms with E-state index in [2.05, 4.69) is 41.2 Å². The molecule has 1 aliphatic heterocycles. The number of hydrogen-bond acceptors (Lipinski definition) is 4. The van der Waals surface area contributed by atoms with Gasteiger partial charge in [-0.15, -0.1) is 0 Å². The number of hydrogen-bond donors (Lipinski definition) is 0. The third kappa shape index (κ3) is 2.42. The van der Waals surface area contributed by atoms with Gasteiger partial charge in [-0.05, 0) is 31.0 Å². The first-order chi connectivity index (χ1) is 11.2. The average molecular weight is 303 g/mol. The molecular weight excluding hydrogens is 286 g/mol. The fraction of sp³-hybridized carbons (Fsp3) is 0.278. The quantitative estimate of drug-likeness (QED) is 0.730. The van der Waals surface area contributed by atoms with Crippen LogP contribution in [-0.4, -0.2) is 27.9 Å². The molecule has 1 unspecified atom stereocenters. The highest BCUT2D eigenvalue weighted by Crippen LogP contribution is 2.28. The Balaban J connectivity index is 1.61. The number of aromatic nitrogens is 3. The van der Waals surface area contributed by atoms with Crippen molar-refractivity contribution in [2.24, 2.45) is 0 Å². The maximum atomic E-state index is 8.93. The zero-order valence-corrected chi connectivity index (χ0v) is 13.0. The molecule has 5 heteroatoms. The second-order valence-corrected chi connectivity index (χ2v) is 6.02. The number of rotatable bonds is 2. The zero-order valence-electron chi connectivity index (χ0n) is 13.0. The number of pyridine rings is 1. The number of fused-ring (bicyclic) bond motifs is 1. The van der Waals surface area contributed by atoms with Gasteiger partial charge in [0.2, 0.25) is 0 Å². The van der Waals surface area contributed by atoms with E-state index in [0.29, 0.717) is 11.6 Å². The molecule has 0 bridgehead atoms. The van der Waals surface area contributed by atoms with Crippen LogP contribution in [0.4, 0.5) is 5.82 Å². The second-order valence-electron chi connectivity index (χ2n) is 6.02. The van der Waals surface area contributed by atoms with Crippen molar-refractivity contribution in [3.05, 3.63) is 53.9 Å². The molecule has 2 aromatic heterocycles. The fourth-order valence-corrected chi connectivity index (χ4v) is 3.25. The van der Waals surface area contributed by atoms with E-state index in [4.69, 9.17) is 10.2 Å². The molecule has 0 saturated carbocycles. The van der Waals surface area contributed by atoms with Crippen LogP contribution in [0.3, 0.4) is 0 Å². The van der Waals surface area contributed by atoms with Crippen molar-refractivity contribution < 1.29 is 0 Å². The Kier molecular flexibility index (Phi) is 3.23. The van der Waals surface area contributed by atoms with Crippen molar-refractivity contribution in [2.45, 2.75) is 19.4 Å². The normalized spacial score (nSPS) is 17.6. The van der Waals surface area contributed by atoms with Crippen LogP contribution >= 0.6 is 0 Å². The minimum atomic E-state index is 0.297. The predicted octanol–water partition coefficient (Wildman–Crippen LogP) is 3.06. The number of anilines is 1. The topological polar surface area (TPSA) is 57.7 Å². The Morgan fingerprint density at radius 3 is 3.00 bits per heavy atom. The van der Waals surface area contributed by atoms with Gasteiger partial charge in [-0.25, -0.2) is 4.98 Å². The Morgan fingerprint density at radius 2 is 2.17 bits per heavy atom. The first-order valence-electron chi connectivity index (χ1n) is 7.80. The van der Waals surface area contributed by atoms with E-state index in [1.807, 2.05) is 23.0 Å². The van der Waals surface area contributed by atoms with E-state index in [1.54, 1.807) is 6.20 Å². The molecule has 4 rings (SSSR count). The van der Waals surface area contributed by atoms with Gasteiger partial charge < -0.3 is 4.90 Å². The largest absolute Gasteiger partial charge is 0.354 e. The van der Waals surface area contributed by atoms with Gasteiger partial charge in [0, 0.05) is 24.7 Å². The summed E-state index contributed by atoms with van der Waals surface area (Å²) >= 11 is 0. The van der Waals surface area contributed by atoms with Gasteiger partial charge in [0.05, 0.1) is 23.3 Å². The van der Waals surface area contributed by atoms with Gasteiger partial charge >= 0.3 is 0 Å². The maximum absolute atomic E-state index is 8.93. The van der Waals surface area contributed by atoms with Crippen LogP contribution in [0.1, 0.15) is 23.6 Å². The van der Waals surface area contributed by atoms with E-state index in [0.717, 1.165) is 30.8 Å². The summed E-state index contributed by atoms with van der Waals surface area (Å²) in [7, 11) is 0. The molecule has 23 heavy (non-hydrogen) atoms. The summed E-state index contributed by atoms with van der Waals surface area (Å²) in [6.07, 6.45) is 4.47. The van der Waals surface area contributed by atoms with E-state index in [1.165, 1.54) is 10.9 Å². The maximum Gasteiger partial charge on any atom is 0.129 e. The highest BCUT2D eigenvalue weighted by Gasteiger charge is 2.25. The standard InChI is InChI=1S/C18H17N5/c1-13-8-18(21-17-5-3-2-4-16(13)17)22-7-6-15(12-22)23-11-14(9-19)10-20-23/h2-5,8,10-11,15H,6-7,12H2,1H3. The third-order valence-corrected chi connectivity index (χ3v) is 4.50. The van der Waals surface area contributed by atoms with Crippen molar-refractivity contribution in [1.82, 2.24) is 14.8 Å². The van der Waals surface area contributed by atoms with Crippen molar-refractivity contribution in [2.75, 3.05) is 18.0 Å². The van der Waals surface area contributed by atoms with Crippen LogP contribution in [0.25, 0.3) is 10.9 Å². The molecular formula is C18H17N5. The molecule has 1 atom stereocenters. The lowest BCUT2D eigenvalue weighted by molar-refractivity contribution is 0.494. The van der Waals surface area contributed by atoms with Crippen LogP contribution in [0.5, 0.6) is 0 Å². The summed E-state index contributed by atoms with van der Waals surface area (Å²) in [5.41, 5.74) is 2.90. The van der Waals surface area contributed by atoms with Gasteiger partial charge in [-0.2, -0.15) is 10.4 Å². The first-order valence-corrected chi connectivity index (χ1v) is 7.80. The van der Waals surface area contributed by atoms with Crippen LogP contribution in [0.2, 0.25) is 0 Å². The lowest BCUT2D eigenvalue weighted by Gasteiger charge is -2.19. The Morgan fingerprint density at radius 1 is 1.30 bits per heavy atom. The van der Waals surface area contributed by atoms with Gasteiger partial charge in [0.25, 0.3) is 0 Å². The molecule has 3 aromatic rings. The molecule has 3 heterocycles. The molecule has 0 amide bonds. The van der Waals surface area contributed by atoms with Gasteiger partial charge in [0.1, 0.15) is 11.9 Å². The molecule has 114 valence electrons. The van der Waals surface area contributed by atoms with E-state index < -0.39 is 0 Å². The highest BCUT2D eigenvalue weighted by atomic mass is 15.3. The fourth-order valence-electron chi connectivity index (χ4n) is 3.25. The van der Waals surface area contributed by atoms with Gasteiger partial charge in [-0.3, -0.25) is 4.68 Å². The number of para-hydroxylation sites is 1. The SMILES string of the molecule is Cc1cc(N2CCC(n3cc(C#N)cn3)C2)nc2ccccc12. The van der Waals surface area contributed by atoms with Gasteiger partial charge in [-0.1, -0.05) is 18.2 Å². The number of nitriles is 1. The van der Waals surface area contributed by atoms with Gasteiger partial charge in [0.15, 0.2) is 0 Å². The Hall–Kier alpha value is -2.87. The molecule has 1 saturated heterocycles. The number of benzene rings is 1. The second kappa shape index (κ2) is 5.40. The summed E-state index contributed by atoms with van der Waals surface area (Å²) in [4.78, 5) is 7.11. The van der Waals surface area contributed by atoms with Crippen LogP contribution in [0, 0.1) is 18.3 Å². The molecule has 1 aliphatic rings. The lowest BCUT2D eigenvalue weighted by Crippen LogP contribution is -2.22. The van der Waals surface area contributed by atoms with Crippen LogP contribution < -0.4 is 4.90 Å². The molecule has 5 nitrogen and oxygen atoms in total. The monoisotopic (exact) mass is 303 g/mol. The smallest absolute Gasteiger partial charge is 0.129 e. The van der Waals surface area contributed by atoms with Crippen LogP contribution in [0.15, 0.2) is 42.7 Å². The highest BCUT2D eigenvalue weighted by molar-refractivity contribution is 5.83. The van der Waals surface area contributed by atoms with E-state index >= 15 is 0 Å². The predicted molar refractivity (Wildman–Crippen MR) is 89.3 cm³/mol. The van der Waals surface area contributed by atoms with Crippen LogP contribution in [-0.2, 0) is 0 Å². The van der Waals surface area contributed by atoms with Crippen molar-refractivity contribution >= 4 is 16.7 Å². The summed E-state index contributed by atoms with van der Waals surface area (Å²) in [6, 6.07) is 12.8. The summed E-state index contributed by atoms with van der Waals surface area (Å²) < 4.78 is 1.91. The summed E-state index contributed by atoms with van der Waals surface area (Å²) in [5.74, 6) is 1.02. The molecule has 0 aliphatic carbocycles. The Labute approximate surface area is 134 Å². The first kappa shape index (κ1) is 13.8. The zero-order chi connectivity index (χ0) is 15.8. The molecule has 1 aromatic carbocycles. The minimum absolute atomic E-state index is 0.297. The van der Waals surface area contributed by atoms with E-state index in [-0.39, 0.29) is 0 Å². The van der Waals surface area contributed by atoms with Crippen molar-refractivity contribution in [3.63, 3.8) is 0 Å². The minimum Gasteiger partial charge on any atom is -0.354 e. The number of nitrogens with zero attached hydrogens (tertiary/aromatic N) is 5. The Bertz CT molecular complexity index is 905.